The largest absolute Gasteiger partial charge is 0.465 e. The molecule has 4 nitrogen and oxygen atoms in total. The first-order chi connectivity index (χ1) is 11.1. The third-order valence-corrected chi connectivity index (χ3v) is 2.55. The number of esters is 2. The molecule has 0 atom stereocenters. The number of halogens is 3. The first-order valence-corrected chi connectivity index (χ1v) is 6.56. The number of alkyl halides is 3. The van der Waals surface area contributed by atoms with Crippen molar-refractivity contribution in [1.29, 1.82) is 0 Å². The maximum atomic E-state index is 12.8. The fourth-order valence-electron chi connectivity index (χ4n) is 1.62. The minimum Gasteiger partial charge on any atom is -0.465 e. The van der Waals surface area contributed by atoms with E-state index in [0.29, 0.717) is 6.07 Å². The van der Waals surface area contributed by atoms with Gasteiger partial charge in [-0.15, -0.1) is 0 Å². The van der Waals surface area contributed by atoms with Gasteiger partial charge in [0.25, 0.3) is 0 Å². The highest BCUT2D eigenvalue weighted by atomic mass is 19.4. The molecule has 0 spiro atoms. The summed E-state index contributed by atoms with van der Waals surface area (Å²) in [6.45, 7) is 2.68. The van der Waals surface area contributed by atoms with Gasteiger partial charge in [0, 0.05) is 2.74 Å². The summed E-state index contributed by atoms with van der Waals surface area (Å²) in [6, 6.07) is 3.40. The van der Waals surface area contributed by atoms with E-state index in [9.17, 15) is 22.8 Å². The first kappa shape index (κ1) is 14.9. The van der Waals surface area contributed by atoms with Crippen LogP contribution in [-0.4, -0.2) is 25.2 Å². The lowest BCUT2D eigenvalue weighted by Crippen LogP contribution is -2.30. The Morgan fingerprint density at radius 2 is 1.73 bits per heavy atom. The molecule has 0 bridgehead atoms. The van der Waals surface area contributed by atoms with E-state index < -0.39 is 41.5 Å². The molecule has 0 unspecified atom stereocenters. The second-order valence-corrected chi connectivity index (χ2v) is 4.16. The SMILES string of the molecule is [2H]C([2H])(c1cccc(C(F)(F)F)c1)C(C(=O)OCC)C(=O)OCC. The molecule has 0 heterocycles. The second-order valence-electron chi connectivity index (χ2n) is 4.16. The van der Waals surface area contributed by atoms with Crippen LogP contribution < -0.4 is 0 Å². The van der Waals surface area contributed by atoms with Crippen molar-refractivity contribution in [3.8, 4) is 0 Å². The maximum Gasteiger partial charge on any atom is 0.416 e. The number of carbonyl (C=O) groups is 2. The molecule has 122 valence electrons. The van der Waals surface area contributed by atoms with E-state index in [-0.39, 0.29) is 13.2 Å². The third kappa shape index (κ3) is 5.05. The molecule has 22 heavy (non-hydrogen) atoms. The fraction of sp³-hybridized carbons (Fsp3) is 0.467. The van der Waals surface area contributed by atoms with E-state index in [1.165, 1.54) is 13.8 Å². The van der Waals surface area contributed by atoms with Gasteiger partial charge in [-0.2, -0.15) is 13.2 Å². The summed E-state index contributed by atoms with van der Waals surface area (Å²) >= 11 is 0. The Hall–Kier alpha value is -2.05. The number of hydrogen-bond donors (Lipinski definition) is 0. The third-order valence-electron chi connectivity index (χ3n) is 2.55. The lowest BCUT2D eigenvalue weighted by molar-refractivity contribution is -0.161. The first-order valence-electron chi connectivity index (χ1n) is 7.56. The molecule has 0 amide bonds. The monoisotopic (exact) mass is 320 g/mol. The molecule has 7 heteroatoms. The molecule has 0 fully saturated rings. The molecule has 0 aliphatic rings. The highest BCUT2D eigenvalue weighted by Crippen LogP contribution is 2.30. The Kier molecular flexibility index (Phi) is 5.28. The van der Waals surface area contributed by atoms with Crippen LogP contribution in [0.3, 0.4) is 0 Å². The lowest BCUT2D eigenvalue weighted by atomic mass is 9.98. The van der Waals surface area contributed by atoms with Crippen molar-refractivity contribution < 1.29 is 35.0 Å². The fourth-order valence-corrected chi connectivity index (χ4v) is 1.62. The van der Waals surface area contributed by atoms with Crippen LogP contribution in [0.25, 0.3) is 0 Å². The average molecular weight is 320 g/mol. The van der Waals surface area contributed by atoms with Crippen molar-refractivity contribution in [2.75, 3.05) is 13.2 Å². The molecular weight excluding hydrogens is 301 g/mol. The Morgan fingerprint density at radius 3 is 2.18 bits per heavy atom. The van der Waals surface area contributed by atoms with Gasteiger partial charge in [-0.25, -0.2) is 0 Å². The van der Waals surface area contributed by atoms with Crippen molar-refractivity contribution in [3.63, 3.8) is 0 Å². The van der Waals surface area contributed by atoms with E-state index in [2.05, 4.69) is 9.47 Å². The molecule has 0 aliphatic carbocycles. The second kappa shape index (κ2) is 7.82. The Morgan fingerprint density at radius 1 is 1.18 bits per heavy atom. The van der Waals surface area contributed by atoms with Gasteiger partial charge in [-0.3, -0.25) is 9.59 Å². The van der Waals surface area contributed by atoms with Gasteiger partial charge in [0.2, 0.25) is 0 Å². The van der Waals surface area contributed by atoms with Crippen LogP contribution in [-0.2, 0) is 31.6 Å². The van der Waals surface area contributed by atoms with Gasteiger partial charge < -0.3 is 9.47 Å². The zero-order chi connectivity index (χ0) is 18.5. The molecule has 0 radical (unpaired) electrons. The highest BCUT2D eigenvalue weighted by molar-refractivity contribution is 5.95. The number of rotatable bonds is 6. The van der Waals surface area contributed by atoms with E-state index in [1.54, 1.807) is 0 Å². The molecule has 0 N–H and O–H groups in total. The van der Waals surface area contributed by atoms with Crippen LogP contribution in [0.2, 0.25) is 0 Å². The standard InChI is InChI=1S/C15H17F3O4/c1-3-21-13(19)12(14(20)22-4-2)9-10-6-5-7-11(8-10)15(16,17)18/h5-8,12H,3-4,9H2,1-2H3/i9D2. The zero-order valence-electron chi connectivity index (χ0n) is 14.1. The van der Waals surface area contributed by atoms with E-state index in [4.69, 9.17) is 2.74 Å². The minimum absolute atomic E-state index is 0.118. The van der Waals surface area contributed by atoms with Gasteiger partial charge >= 0.3 is 18.1 Å². The molecule has 0 aliphatic heterocycles. The van der Waals surface area contributed by atoms with Gasteiger partial charge in [-0.1, -0.05) is 18.2 Å². The molecule has 1 aromatic carbocycles. The van der Waals surface area contributed by atoms with Gasteiger partial charge in [-0.05, 0) is 31.9 Å². The summed E-state index contributed by atoms with van der Waals surface area (Å²) in [6.07, 6.45) is -7.42. The zero-order valence-corrected chi connectivity index (χ0v) is 12.1. The normalized spacial score (nSPS) is 13.4. The number of ether oxygens (including phenoxy) is 2. The summed E-state index contributed by atoms with van der Waals surface area (Å²) in [5.74, 6) is -4.42. The van der Waals surface area contributed by atoms with Gasteiger partial charge in [0.1, 0.15) is 0 Å². The van der Waals surface area contributed by atoms with Crippen LogP contribution in [0.1, 0.15) is 27.7 Å². The average Bonchev–Trinajstić information content (AvgIpc) is 2.47. The van der Waals surface area contributed by atoms with Crippen LogP contribution in [0.15, 0.2) is 24.3 Å². The molecular formula is C15H17F3O4. The Balaban J connectivity index is 3.34. The topological polar surface area (TPSA) is 52.6 Å². The summed E-state index contributed by atoms with van der Waals surface area (Å²) < 4.78 is 63.9. The molecule has 1 rings (SSSR count). The number of benzene rings is 1. The number of hydrogen-bond acceptors (Lipinski definition) is 4. The van der Waals surface area contributed by atoms with Gasteiger partial charge in [0.15, 0.2) is 5.92 Å². The summed E-state index contributed by atoms with van der Waals surface area (Å²) in [5, 5.41) is 0. The number of carbonyl (C=O) groups excluding carboxylic acids is 2. The minimum atomic E-state index is -4.69. The van der Waals surface area contributed by atoms with E-state index in [1.807, 2.05) is 0 Å². The van der Waals surface area contributed by atoms with E-state index >= 15 is 0 Å². The van der Waals surface area contributed by atoms with Crippen molar-refractivity contribution >= 4 is 11.9 Å². The van der Waals surface area contributed by atoms with Crippen LogP contribution >= 0.6 is 0 Å². The predicted octanol–water partition coefficient (Wildman–Crippen LogP) is 2.99. The highest BCUT2D eigenvalue weighted by Gasteiger charge is 2.33. The van der Waals surface area contributed by atoms with Crippen LogP contribution in [0, 0.1) is 5.92 Å². The van der Waals surface area contributed by atoms with Gasteiger partial charge in [0.05, 0.1) is 18.8 Å². The van der Waals surface area contributed by atoms with Crippen LogP contribution in [0.5, 0.6) is 0 Å². The van der Waals surface area contributed by atoms with E-state index in [0.717, 1.165) is 18.2 Å². The van der Waals surface area contributed by atoms with Crippen molar-refractivity contribution in [2.24, 2.45) is 5.92 Å². The molecule has 1 aromatic rings. The lowest BCUT2D eigenvalue weighted by Gasteiger charge is -2.15. The summed E-state index contributed by atoms with van der Waals surface area (Å²) in [4.78, 5) is 24.0. The van der Waals surface area contributed by atoms with Crippen molar-refractivity contribution in [3.05, 3.63) is 35.4 Å². The Bertz CT molecular complexity index is 585. The molecule has 0 saturated carbocycles. The quantitative estimate of drug-likeness (QED) is 0.597. The molecule has 0 saturated heterocycles. The Labute approximate surface area is 129 Å². The van der Waals surface area contributed by atoms with Crippen molar-refractivity contribution in [1.82, 2.24) is 0 Å². The predicted molar refractivity (Wildman–Crippen MR) is 71.9 cm³/mol. The summed E-state index contributed by atoms with van der Waals surface area (Å²) in [5.41, 5.74) is -1.56. The molecule has 0 aromatic heterocycles. The van der Waals surface area contributed by atoms with Crippen LogP contribution in [0.4, 0.5) is 13.2 Å². The van der Waals surface area contributed by atoms with Crippen molar-refractivity contribution in [2.45, 2.75) is 26.4 Å². The smallest absolute Gasteiger partial charge is 0.416 e. The summed E-state index contributed by atoms with van der Waals surface area (Å²) in [7, 11) is 0. The maximum absolute atomic E-state index is 12.8.